The lowest BCUT2D eigenvalue weighted by Gasteiger charge is -2.33. The van der Waals surface area contributed by atoms with Gasteiger partial charge in [-0.25, -0.2) is 8.42 Å². The minimum Gasteiger partial charge on any atom is -0.355 e. The van der Waals surface area contributed by atoms with Gasteiger partial charge in [-0.05, 0) is 56.5 Å². The minimum absolute atomic E-state index is 0.0443. The van der Waals surface area contributed by atoms with Crippen LogP contribution >= 0.6 is 23.2 Å². The molecular formula is C24H31Cl2N3O4S. The van der Waals surface area contributed by atoms with Crippen molar-refractivity contribution in [1.29, 1.82) is 0 Å². The topological polar surface area (TPSA) is 86.8 Å². The van der Waals surface area contributed by atoms with Crippen LogP contribution in [0.15, 0.2) is 36.4 Å². The number of likely N-dealkylation sites (N-methyl/N-ethyl adjacent to an activating group) is 1. The number of hydrogen-bond donors (Lipinski definition) is 1. The number of rotatable bonds is 10. The molecule has 0 spiro atoms. The van der Waals surface area contributed by atoms with Crippen LogP contribution in [-0.2, 0) is 26.2 Å². The first kappa shape index (κ1) is 28.0. The van der Waals surface area contributed by atoms with E-state index >= 15 is 0 Å². The Morgan fingerprint density at radius 1 is 1.06 bits per heavy atom. The fourth-order valence-electron chi connectivity index (χ4n) is 3.65. The molecule has 2 aromatic rings. The van der Waals surface area contributed by atoms with Crippen molar-refractivity contribution < 1.29 is 18.0 Å². The van der Waals surface area contributed by atoms with E-state index in [-0.39, 0.29) is 12.5 Å². The van der Waals surface area contributed by atoms with Crippen LogP contribution in [0.25, 0.3) is 0 Å². The van der Waals surface area contributed by atoms with Crippen molar-refractivity contribution in [3.05, 3.63) is 63.1 Å². The second-order valence-corrected chi connectivity index (χ2v) is 10.8. The van der Waals surface area contributed by atoms with E-state index < -0.39 is 28.5 Å². The molecule has 0 aliphatic carbocycles. The van der Waals surface area contributed by atoms with Gasteiger partial charge in [0.05, 0.1) is 11.9 Å². The number of benzene rings is 2. The van der Waals surface area contributed by atoms with Gasteiger partial charge >= 0.3 is 0 Å². The van der Waals surface area contributed by atoms with Crippen LogP contribution in [-0.4, -0.2) is 50.5 Å². The molecule has 186 valence electrons. The van der Waals surface area contributed by atoms with Gasteiger partial charge in [0, 0.05) is 28.7 Å². The Morgan fingerprint density at radius 3 is 2.21 bits per heavy atom. The number of halogens is 2. The predicted molar refractivity (Wildman–Crippen MR) is 138 cm³/mol. The van der Waals surface area contributed by atoms with Gasteiger partial charge in [-0.3, -0.25) is 13.9 Å². The number of carbonyl (C=O) groups excluding carboxylic acids is 2. The first-order valence-corrected chi connectivity index (χ1v) is 13.6. The van der Waals surface area contributed by atoms with Crippen molar-refractivity contribution in [2.45, 2.75) is 46.7 Å². The number of nitrogens with one attached hydrogen (secondary N) is 1. The average molecular weight is 529 g/mol. The molecule has 2 rings (SSSR count). The zero-order chi connectivity index (χ0) is 25.6. The van der Waals surface area contributed by atoms with Crippen molar-refractivity contribution in [2.75, 3.05) is 23.7 Å². The lowest BCUT2D eigenvalue weighted by molar-refractivity contribution is -0.140. The third-order valence-corrected chi connectivity index (χ3v) is 7.27. The average Bonchev–Trinajstić information content (AvgIpc) is 2.75. The van der Waals surface area contributed by atoms with Gasteiger partial charge in [-0.1, -0.05) is 48.3 Å². The molecule has 0 bridgehead atoms. The number of aryl methyl sites for hydroxylation is 2. The number of carbonyl (C=O) groups is 2. The van der Waals surface area contributed by atoms with E-state index in [9.17, 15) is 18.0 Å². The lowest BCUT2D eigenvalue weighted by Crippen LogP contribution is -2.52. The lowest BCUT2D eigenvalue weighted by atomic mass is 10.1. The van der Waals surface area contributed by atoms with E-state index in [4.69, 9.17) is 23.2 Å². The SMILES string of the molecule is CCNC(=O)C(CC)N(Cc1c(Cl)cccc1Cl)C(=O)CN(c1cc(C)ccc1C)S(C)(=O)=O. The molecule has 0 aromatic heterocycles. The van der Waals surface area contributed by atoms with Gasteiger partial charge in [-0.15, -0.1) is 0 Å². The summed E-state index contributed by atoms with van der Waals surface area (Å²) in [7, 11) is -3.80. The third-order valence-electron chi connectivity index (χ3n) is 5.44. The highest BCUT2D eigenvalue weighted by molar-refractivity contribution is 7.92. The number of hydrogen-bond acceptors (Lipinski definition) is 4. The molecule has 0 fully saturated rings. The van der Waals surface area contributed by atoms with Crippen LogP contribution < -0.4 is 9.62 Å². The second-order valence-electron chi connectivity index (χ2n) is 8.10. The molecule has 2 amide bonds. The summed E-state index contributed by atoms with van der Waals surface area (Å²) in [5.41, 5.74) is 2.47. The molecular weight excluding hydrogens is 497 g/mol. The molecule has 7 nitrogen and oxygen atoms in total. The van der Waals surface area contributed by atoms with E-state index in [1.165, 1.54) is 4.90 Å². The van der Waals surface area contributed by atoms with Crippen LogP contribution in [0.3, 0.4) is 0 Å². The Kier molecular flexibility index (Phi) is 9.79. The summed E-state index contributed by atoms with van der Waals surface area (Å²) < 4.78 is 26.5. The first-order chi connectivity index (χ1) is 15.9. The highest BCUT2D eigenvalue weighted by Crippen LogP contribution is 2.28. The maximum absolute atomic E-state index is 13.7. The van der Waals surface area contributed by atoms with Gasteiger partial charge in [0.15, 0.2) is 0 Å². The largest absolute Gasteiger partial charge is 0.355 e. The smallest absolute Gasteiger partial charge is 0.244 e. The van der Waals surface area contributed by atoms with Crippen LogP contribution in [0.1, 0.15) is 37.0 Å². The molecule has 0 saturated heterocycles. The molecule has 0 aliphatic rings. The summed E-state index contributed by atoms with van der Waals surface area (Å²) in [6, 6.07) is 9.55. The Labute approximate surface area is 212 Å². The normalized spacial score (nSPS) is 12.2. The maximum Gasteiger partial charge on any atom is 0.244 e. The summed E-state index contributed by atoms with van der Waals surface area (Å²) in [5, 5.41) is 3.45. The van der Waals surface area contributed by atoms with E-state index in [1.54, 1.807) is 51.1 Å². The van der Waals surface area contributed by atoms with E-state index in [0.717, 1.165) is 16.1 Å². The van der Waals surface area contributed by atoms with Crippen molar-refractivity contribution >= 4 is 50.7 Å². The molecule has 0 saturated carbocycles. The predicted octanol–water partition coefficient (Wildman–Crippen LogP) is 4.32. The van der Waals surface area contributed by atoms with E-state index in [0.29, 0.717) is 39.8 Å². The fraction of sp³-hybridized carbons (Fsp3) is 0.417. The molecule has 1 unspecified atom stereocenters. The molecule has 0 aliphatic heterocycles. The number of amides is 2. The van der Waals surface area contributed by atoms with Crippen LogP contribution in [0.2, 0.25) is 10.0 Å². The second kappa shape index (κ2) is 11.9. The third kappa shape index (κ3) is 6.87. The quantitative estimate of drug-likeness (QED) is 0.498. The Balaban J connectivity index is 2.54. The summed E-state index contributed by atoms with van der Waals surface area (Å²) in [5.74, 6) is -0.875. The van der Waals surface area contributed by atoms with Crippen LogP contribution in [0.4, 0.5) is 5.69 Å². The summed E-state index contributed by atoms with van der Waals surface area (Å²) in [4.78, 5) is 27.8. The van der Waals surface area contributed by atoms with E-state index in [2.05, 4.69) is 5.32 Å². The maximum atomic E-state index is 13.7. The number of sulfonamides is 1. The van der Waals surface area contributed by atoms with Crippen molar-refractivity contribution in [3.63, 3.8) is 0 Å². The zero-order valence-electron chi connectivity index (χ0n) is 20.1. The monoisotopic (exact) mass is 527 g/mol. The number of nitrogens with zero attached hydrogens (tertiary/aromatic N) is 2. The minimum atomic E-state index is -3.80. The summed E-state index contributed by atoms with van der Waals surface area (Å²) >= 11 is 12.7. The van der Waals surface area contributed by atoms with Crippen molar-refractivity contribution in [2.24, 2.45) is 0 Å². The zero-order valence-corrected chi connectivity index (χ0v) is 22.4. The number of anilines is 1. The van der Waals surface area contributed by atoms with Gasteiger partial charge in [0.2, 0.25) is 21.8 Å². The van der Waals surface area contributed by atoms with Gasteiger partial charge in [-0.2, -0.15) is 0 Å². The van der Waals surface area contributed by atoms with Gasteiger partial charge in [0.1, 0.15) is 12.6 Å². The molecule has 1 N–H and O–H groups in total. The molecule has 10 heteroatoms. The Morgan fingerprint density at radius 2 is 1.68 bits per heavy atom. The van der Waals surface area contributed by atoms with Crippen molar-refractivity contribution in [1.82, 2.24) is 10.2 Å². The highest BCUT2D eigenvalue weighted by atomic mass is 35.5. The Bertz CT molecular complexity index is 1130. The van der Waals surface area contributed by atoms with Gasteiger partial charge < -0.3 is 10.2 Å². The molecule has 34 heavy (non-hydrogen) atoms. The van der Waals surface area contributed by atoms with Crippen molar-refractivity contribution in [3.8, 4) is 0 Å². The van der Waals surface area contributed by atoms with E-state index in [1.807, 2.05) is 13.0 Å². The highest BCUT2D eigenvalue weighted by Gasteiger charge is 2.32. The molecule has 2 aromatic carbocycles. The first-order valence-electron chi connectivity index (χ1n) is 11.0. The Hall–Kier alpha value is -2.29. The molecule has 0 heterocycles. The summed E-state index contributed by atoms with van der Waals surface area (Å²) in [6.07, 6.45) is 1.38. The standard InChI is InChI=1S/C24H31Cl2N3O4S/c1-6-21(24(31)27-7-2)28(14-18-19(25)9-8-10-20(18)26)23(30)15-29(34(5,32)33)22-13-16(3)11-12-17(22)4/h8-13,21H,6-7,14-15H2,1-5H3,(H,27,31). The van der Waals surface area contributed by atoms with Crippen LogP contribution in [0, 0.1) is 13.8 Å². The molecule has 0 radical (unpaired) electrons. The van der Waals surface area contributed by atoms with Gasteiger partial charge in [0.25, 0.3) is 0 Å². The van der Waals surface area contributed by atoms with Crippen LogP contribution in [0.5, 0.6) is 0 Å². The fourth-order valence-corrected chi connectivity index (χ4v) is 5.06. The summed E-state index contributed by atoms with van der Waals surface area (Å²) in [6.45, 7) is 7.07. The molecule has 1 atom stereocenters.